The van der Waals surface area contributed by atoms with Crippen molar-refractivity contribution >= 4 is 17.7 Å². The molecular formula is C15H20N2O4. The number of nitrogens with one attached hydrogen (secondary N) is 1. The Labute approximate surface area is 123 Å². The molecule has 1 aliphatic heterocycles. The minimum Gasteiger partial charge on any atom is -0.481 e. The average molecular weight is 292 g/mol. The van der Waals surface area contributed by atoms with Crippen molar-refractivity contribution in [3.63, 3.8) is 0 Å². The van der Waals surface area contributed by atoms with Gasteiger partial charge in [0.1, 0.15) is 0 Å². The number of amides is 2. The molecule has 1 fully saturated rings. The second kappa shape index (κ2) is 6.58. The molecule has 1 aromatic rings. The van der Waals surface area contributed by atoms with Crippen molar-refractivity contribution in [3.05, 3.63) is 29.8 Å². The summed E-state index contributed by atoms with van der Waals surface area (Å²) < 4.78 is 5.10. The highest BCUT2D eigenvalue weighted by molar-refractivity contribution is 5.91. The molecule has 1 aliphatic rings. The first kappa shape index (κ1) is 15.3. The molecule has 0 aliphatic carbocycles. The van der Waals surface area contributed by atoms with Gasteiger partial charge in [0.05, 0.1) is 12.5 Å². The van der Waals surface area contributed by atoms with Crippen LogP contribution in [0.5, 0.6) is 0 Å². The molecule has 0 radical (unpaired) electrons. The fourth-order valence-electron chi connectivity index (χ4n) is 2.67. The number of carbonyl (C=O) groups is 2. The molecule has 2 atom stereocenters. The smallest absolute Gasteiger partial charge is 0.322 e. The van der Waals surface area contributed by atoms with Crippen LogP contribution in [0.2, 0.25) is 0 Å². The monoisotopic (exact) mass is 292 g/mol. The first-order valence-corrected chi connectivity index (χ1v) is 6.92. The Morgan fingerprint density at radius 1 is 1.43 bits per heavy atom. The third kappa shape index (κ3) is 3.33. The Hall–Kier alpha value is -2.08. The molecular weight excluding hydrogens is 272 g/mol. The van der Waals surface area contributed by atoms with E-state index >= 15 is 0 Å². The van der Waals surface area contributed by atoms with Crippen LogP contribution in [0.25, 0.3) is 0 Å². The number of carboxylic acids is 1. The van der Waals surface area contributed by atoms with E-state index in [0.717, 1.165) is 5.56 Å². The average Bonchev–Trinajstić information content (AvgIpc) is 2.83. The van der Waals surface area contributed by atoms with Crippen molar-refractivity contribution in [1.82, 2.24) is 4.90 Å². The molecule has 2 unspecified atom stereocenters. The number of likely N-dealkylation sites (tertiary alicyclic amines) is 1. The Morgan fingerprint density at radius 3 is 2.76 bits per heavy atom. The Kier molecular flexibility index (Phi) is 4.80. The van der Waals surface area contributed by atoms with Gasteiger partial charge in [-0.25, -0.2) is 4.79 Å². The van der Waals surface area contributed by atoms with Crippen LogP contribution >= 0.6 is 0 Å². The summed E-state index contributed by atoms with van der Waals surface area (Å²) in [7, 11) is 1.60. The number of ether oxygens (including phenoxy) is 1. The van der Waals surface area contributed by atoms with Gasteiger partial charge in [0.25, 0.3) is 0 Å². The van der Waals surface area contributed by atoms with Gasteiger partial charge in [-0.2, -0.15) is 0 Å². The van der Waals surface area contributed by atoms with Crippen LogP contribution in [0, 0.1) is 5.92 Å². The zero-order valence-electron chi connectivity index (χ0n) is 12.2. The number of carbonyl (C=O) groups excluding carboxylic acids is 1. The summed E-state index contributed by atoms with van der Waals surface area (Å²) in [6.45, 7) is 2.63. The van der Waals surface area contributed by atoms with E-state index in [2.05, 4.69) is 5.32 Å². The summed E-state index contributed by atoms with van der Waals surface area (Å²) in [5.41, 5.74) is 1.57. The summed E-state index contributed by atoms with van der Waals surface area (Å²) >= 11 is 0. The molecule has 21 heavy (non-hydrogen) atoms. The molecule has 1 aromatic carbocycles. The van der Waals surface area contributed by atoms with E-state index in [9.17, 15) is 9.59 Å². The zero-order chi connectivity index (χ0) is 15.4. The van der Waals surface area contributed by atoms with Crippen LogP contribution in [-0.2, 0) is 16.1 Å². The Bertz CT molecular complexity index is 532. The summed E-state index contributed by atoms with van der Waals surface area (Å²) in [4.78, 5) is 25.0. The largest absolute Gasteiger partial charge is 0.481 e. The van der Waals surface area contributed by atoms with Crippen LogP contribution in [-0.4, -0.2) is 41.7 Å². The first-order valence-electron chi connectivity index (χ1n) is 6.92. The number of aliphatic carboxylic acids is 1. The minimum absolute atomic E-state index is 0.269. The van der Waals surface area contributed by atoms with E-state index in [0.29, 0.717) is 25.3 Å². The van der Waals surface area contributed by atoms with E-state index in [1.165, 1.54) is 0 Å². The van der Waals surface area contributed by atoms with Crippen molar-refractivity contribution in [2.45, 2.75) is 26.0 Å². The minimum atomic E-state index is -0.849. The molecule has 0 bridgehead atoms. The molecule has 2 amide bonds. The Morgan fingerprint density at radius 2 is 2.14 bits per heavy atom. The van der Waals surface area contributed by atoms with Gasteiger partial charge in [0.15, 0.2) is 0 Å². The molecule has 2 N–H and O–H groups in total. The van der Waals surface area contributed by atoms with Gasteiger partial charge in [-0.15, -0.1) is 0 Å². The second-order valence-corrected chi connectivity index (χ2v) is 5.19. The lowest BCUT2D eigenvalue weighted by Gasteiger charge is -2.24. The molecule has 114 valence electrons. The predicted octanol–water partition coefficient (Wildman–Crippen LogP) is 2.16. The SMILES string of the molecule is COCc1ccccc1NC(=O)N1CCC(C(=O)O)C1C. The molecule has 2 rings (SSSR count). The van der Waals surface area contributed by atoms with Gasteiger partial charge >= 0.3 is 12.0 Å². The van der Waals surface area contributed by atoms with Crippen molar-refractivity contribution in [3.8, 4) is 0 Å². The van der Waals surface area contributed by atoms with E-state index in [1.807, 2.05) is 24.3 Å². The molecule has 1 heterocycles. The van der Waals surface area contributed by atoms with Crippen LogP contribution < -0.4 is 5.32 Å². The first-order chi connectivity index (χ1) is 10.0. The molecule has 6 heteroatoms. The maximum Gasteiger partial charge on any atom is 0.322 e. The highest BCUT2D eigenvalue weighted by Crippen LogP contribution is 2.25. The number of methoxy groups -OCH3 is 1. The number of rotatable bonds is 4. The van der Waals surface area contributed by atoms with Gasteiger partial charge in [-0.3, -0.25) is 4.79 Å². The summed E-state index contributed by atoms with van der Waals surface area (Å²) in [5.74, 6) is -1.34. The molecule has 6 nitrogen and oxygen atoms in total. The van der Waals surface area contributed by atoms with Crippen LogP contribution in [0.15, 0.2) is 24.3 Å². The molecule has 0 spiro atoms. The highest BCUT2D eigenvalue weighted by Gasteiger charge is 2.38. The lowest BCUT2D eigenvalue weighted by Crippen LogP contribution is -2.40. The number of para-hydroxylation sites is 1. The zero-order valence-corrected chi connectivity index (χ0v) is 12.2. The molecule has 0 aromatic heterocycles. The third-order valence-electron chi connectivity index (χ3n) is 3.89. The van der Waals surface area contributed by atoms with Gasteiger partial charge in [-0.05, 0) is 19.4 Å². The maximum atomic E-state index is 12.3. The number of hydrogen-bond donors (Lipinski definition) is 2. The third-order valence-corrected chi connectivity index (χ3v) is 3.89. The van der Waals surface area contributed by atoms with Crippen molar-refractivity contribution in [2.75, 3.05) is 19.0 Å². The lowest BCUT2D eigenvalue weighted by atomic mass is 10.0. The maximum absolute atomic E-state index is 12.3. The van der Waals surface area contributed by atoms with Crippen molar-refractivity contribution in [1.29, 1.82) is 0 Å². The number of carboxylic acid groups (broad SMARTS) is 1. The number of hydrogen-bond acceptors (Lipinski definition) is 3. The fourth-order valence-corrected chi connectivity index (χ4v) is 2.67. The van der Waals surface area contributed by atoms with E-state index in [1.54, 1.807) is 18.9 Å². The standard InChI is InChI=1S/C15H20N2O4/c1-10-12(14(18)19)7-8-17(10)15(20)16-13-6-4-3-5-11(13)9-21-2/h3-6,10,12H,7-9H2,1-2H3,(H,16,20)(H,18,19). The lowest BCUT2D eigenvalue weighted by molar-refractivity contribution is -0.142. The van der Waals surface area contributed by atoms with Crippen LogP contribution in [0.1, 0.15) is 18.9 Å². The van der Waals surface area contributed by atoms with Crippen LogP contribution in [0.3, 0.4) is 0 Å². The fraction of sp³-hybridized carbons (Fsp3) is 0.467. The topological polar surface area (TPSA) is 78.9 Å². The van der Waals surface area contributed by atoms with Crippen LogP contribution in [0.4, 0.5) is 10.5 Å². The summed E-state index contributed by atoms with van der Waals surface area (Å²) in [6, 6.07) is 6.83. The summed E-state index contributed by atoms with van der Waals surface area (Å²) in [5, 5.41) is 12.0. The van der Waals surface area contributed by atoms with Crippen molar-refractivity contribution < 1.29 is 19.4 Å². The molecule has 1 saturated heterocycles. The van der Waals surface area contributed by atoms with Gasteiger partial charge < -0.3 is 20.1 Å². The quantitative estimate of drug-likeness (QED) is 0.891. The molecule has 0 saturated carbocycles. The Balaban J connectivity index is 2.07. The number of anilines is 1. The van der Waals surface area contributed by atoms with Gasteiger partial charge in [0, 0.05) is 30.9 Å². The number of benzene rings is 1. The second-order valence-electron chi connectivity index (χ2n) is 5.19. The van der Waals surface area contributed by atoms with Gasteiger partial charge in [0.2, 0.25) is 0 Å². The highest BCUT2D eigenvalue weighted by atomic mass is 16.5. The predicted molar refractivity (Wildman–Crippen MR) is 78.1 cm³/mol. The van der Waals surface area contributed by atoms with E-state index in [4.69, 9.17) is 9.84 Å². The van der Waals surface area contributed by atoms with E-state index < -0.39 is 11.9 Å². The normalized spacial score (nSPS) is 21.3. The van der Waals surface area contributed by atoms with Gasteiger partial charge in [-0.1, -0.05) is 18.2 Å². The summed E-state index contributed by atoms with van der Waals surface area (Å²) in [6.07, 6.45) is 0.490. The number of nitrogens with zero attached hydrogens (tertiary/aromatic N) is 1. The van der Waals surface area contributed by atoms with E-state index in [-0.39, 0.29) is 12.1 Å². The number of urea groups is 1. The van der Waals surface area contributed by atoms with Crippen molar-refractivity contribution in [2.24, 2.45) is 5.92 Å².